The first-order valence-corrected chi connectivity index (χ1v) is 9.42. The van der Waals surface area contributed by atoms with E-state index < -0.39 is 5.97 Å². The van der Waals surface area contributed by atoms with Gasteiger partial charge in [-0.3, -0.25) is 9.69 Å². The van der Waals surface area contributed by atoms with Gasteiger partial charge in [0.15, 0.2) is 0 Å². The molecule has 0 aliphatic carbocycles. The number of thiophene rings is 1. The second-order valence-electron chi connectivity index (χ2n) is 6.94. The number of rotatable bonds is 4. The number of hydrogen-bond donors (Lipinski definition) is 1. The molecular formula is C20H25NO2S. The van der Waals surface area contributed by atoms with Crippen LogP contribution < -0.4 is 0 Å². The summed E-state index contributed by atoms with van der Waals surface area (Å²) >= 11 is 1.81. The molecule has 0 bridgehead atoms. The number of nitrogens with zero attached hydrogens (tertiary/aromatic N) is 1. The molecule has 1 aliphatic rings. The Hall–Kier alpha value is -1.65. The largest absolute Gasteiger partial charge is 0.481 e. The highest BCUT2D eigenvalue weighted by atomic mass is 32.1. The average molecular weight is 343 g/mol. The van der Waals surface area contributed by atoms with Gasteiger partial charge in [0.25, 0.3) is 0 Å². The van der Waals surface area contributed by atoms with Crippen molar-refractivity contribution in [2.24, 2.45) is 5.92 Å². The van der Waals surface area contributed by atoms with Crippen LogP contribution in [-0.4, -0.2) is 29.1 Å². The van der Waals surface area contributed by atoms with Crippen LogP contribution in [-0.2, 0) is 4.79 Å². The van der Waals surface area contributed by atoms with Gasteiger partial charge >= 0.3 is 5.97 Å². The molecule has 1 aromatic carbocycles. The van der Waals surface area contributed by atoms with Crippen molar-refractivity contribution in [3.63, 3.8) is 0 Å². The third kappa shape index (κ3) is 3.55. The molecule has 0 saturated carbocycles. The zero-order valence-electron chi connectivity index (χ0n) is 14.6. The highest BCUT2D eigenvalue weighted by Gasteiger charge is 2.31. The van der Waals surface area contributed by atoms with E-state index in [9.17, 15) is 9.90 Å². The molecule has 3 rings (SSSR count). The molecule has 3 nitrogen and oxygen atoms in total. The number of aryl methyl sites for hydroxylation is 3. The van der Waals surface area contributed by atoms with Crippen LogP contribution in [0.5, 0.6) is 0 Å². The van der Waals surface area contributed by atoms with Crippen LogP contribution in [0, 0.1) is 26.7 Å². The lowest BCUT2D eigenvalue weighted by Crippen LogP contribution is -2.39. The van der Waals surface area contributed by atoms with E-state index in [0.717, 1.165) is 25.9 Å². The number of carboxylic acids is 1. The third-order valence-corrected chi connectivity index (χ3v) is 6.09. The fourth-order valence-electron chi connectivity index (χ4n) is 3.66. The quantitative estimate of drug-likeness (QED) is 0.885. The Bertz CT molecular complexity index is 729. The summed E-state index contributed by atoms with van der Waals surface area (Å²) in [4.78, 5) is 15.1. The predicted octanol–water partition coefficient (Wildman–Crippen LogP) is 4.56. The summed E-state index contributed by atoms with van der Waals surface area (Å²) in [5.74, 6) is -0.837. The van der Waals surface area contributed by atoms with Gasteiger partial charge in [0.05, 0.1) is 12.0 Å². The summed E-state index contributed by atoms with van der Waals surface area (Å²) in [6.45, 7) is 8.12. The monoisotopic (exact) mass is 343 g/mol. The normalized spacial score (nSPS) is 17.8. The van der Waals surface area contributed by atoms with Gasteiger partial charge in [0, 0.05) is 4.88 Å². The van der Waals surface area contributed by atoms with Crippen LogP contribution in [0.2, 0.25) is 0 Å². The molecule has 128 valence electrons. The van der Waals surface area contributed by atoms with Crippen LogP contribution in [0.4, 0.5) is 0 Å². The van der Waals surface area contributed by atoms with Gasteiger partial charge in [0.2, 0.25) is 0 Å². The van der Waals surface area contributed by atoms with Gasteiger partial charge < -0.3 is 5.11 Å². The Kier molecular flexibility index (Phi) is 5.07. The van der Waals surface area contributed by atoms with Crippen molar-refractivity contribution in [3.8, 4) is 0 Å². The van der Waals surface area contributed by atoms with Gasteiger partial charge in [-0.15, -0.1) is 11.3 Å². The first kappa shape index (κ1) is 17.2. The number of piperidine rings is 1. The van der Waals surface area contributed by atoms with Crippen molar-refractivity contribution >= 4 is 17.3 Å². The maximum Gasteiger partial charge on any atom is 0.306 e. The fraction of sp³-hybridized carbons (Fsp3) is 0.450. The maximum absolute atomic E-state index is 11.2. The molecule has 0 amide bonds. The molecule has 2 heterocycles. The van der Waals surface area contributed by atoms with E-state index in [4.69, 9.17) is 0 Å². The average Bonchev–Trinajstić information content (AvgIpc) is 2.96. The third-order valence-electron chi connectivity index (χ3n) is 4.98. The highest BCUT2D eigenvalue weighted by molar-refractivity contribution is 7.10. The molecule has 1 aromatic heterocycles. The van der Waals surface area contributed by atoms with E-state index in [1.807, 2.05) is 11.3 Å². The maximum atomic E-state index is 11.2. The van der Waals surface area contributed by atoms with Crippen molar-refractivity contribution in [1.82, 2.24) is 4.90 Å². The summed E-state index contributed by atoms with van der Waals surface area (Å²) in [6.07, 6.45) is 1.47. The SMILES string of the molecule is Cc1csc(C(c2ccc(C)cc2C)N2CCC(C(=O)O)CC2)c1. The second kappa shape index (κ2) is 7.08. The number of aliphatic carboxylic acids is 1. The zero-order valence-corrected chi connectivity index (χ0v) is 15.4. The molecule has 1 fully saturated rings. The standard InChI is InChI=1S/C20H25NO2S/c1-13-4-5-17(15(3)10-13)19(18-11-14(2)12-24-18)21-8-6-16(7-9-21)20(22)23/h4-5,10-12,16,19H,6-9H2,1-3H3,(H,22,23). The van der Waals surface area contributed by atoms with E-state index >= 15 is 0 Å². The Morgan fingerprint density at radius 3 is 2.42 bits per heavy atom. The number of carbonyl (C=O) groups is 1. The molecule has 0 spiro atoms. The molecule has 24 heavy (non-hydrogen) atoms. The molecule has 2 aromatic rings. The van der Waals surface area contributed by atoms with Crippen molar-refractivity contribution in [1.29, 1.82) is 0 Å². The van der Waals surface area contributed by atoms with Gasteiger partial charge in [-0.2, -0.15) is 0 Å². The minimum absolute atomic E-state index is 0.189. The number of likely N-dealkylation sites (tertiary alicyclic amines) is 1. The minimum Gasteiger partial charge on any atom is -0.481 e. The van der Waals surface area contributed by atoms with E-state index in [0.29, 0.717) is 0 Å². The van der Waals surface area contributed by atoms with Crippen molar-refractivity contribution in [2.75, 3.05) is 13.1 Å². The molecule has 0 radical (unpaired) electrons. The minimum atomic E-state index is -0.648. The van der Waals surface area contributed by atoms with Crippen LogP contribution >= 0.6 is 11.3 Å². The lowest BCUT2D eigenvalue weighted by molar-refractivity contribution is -0.143. The van der Waals surface area contributed by atoms with Crippen LogP contribution in [0.15, 0.2) is 29.6 Å². The van der Waals surface area contributed by atoms with Crippen molar-refractivity contribution in [2.45, 2.75) is 39.7 Å². The molecule has 1 atom stereocenters. The van der Waals surface area contributed by atoms with Gasteiger partial charge in [0.1, 0.15) is 0 Å². The van der Waals surface area contributed by atoms with Gasteiger partial charge in [-0.05, 0) is 74.8 Å². The van der Waals surface area contributed by atoms with Crippen molar-refractivity contribution < 1.29 is 9.90 Å². The summed E-state index contributed by atoms with van der Waals surface area (Å²) in [7, 11) is 0. The fourth-order valence-corrected chi connectivity index (χ4v) is 4.71. The number of carboxylic acid groups (broad SMARTS) is 1. The first-order chi connectivity index (χ1) is 11.5. The Morgan fingerprint density at radius 2 is 1.88 bits per heavy atom. The smallest absolute Gasteiger partial charge is 0.306 e. The lowest BCUT2D eigenvalue weighted by Gasteiger charge is -2.37. The second-order valence-corrected chi connectivity index (χ2v) is 7.88. The molecule has 1 saturated heterocycles. The molecule has 1 aliphatic heterocycles. The summed E-state index contributed by atoms with van der Waals surface area (Å²) in [5, 5.41) is 11.5. The van der Waals surface area contributed by atoms with E-state index in [1.54, 1.807) is 0 Å². The van der Waals surface area contributed by atoms with Gasteiger partial charge in [-0.1, -0.05) is 23.8 Å². The molecule has 4 heteroatoms. The summed E-state index contributed by atoms with van der Waals surface area (Å²) < 4.78 is 0. The summed E-state index contributed by atoms with van der Waals surface area (Å²) in [6, 6.07) is 9.18. The zero-order chi connectivity index (χ0) is 17.3. The van der Waals surface area contributed by atoms with E-state index in [-0.39, 0.29) is 12.0 Å². The first-order valence-electron chi connectivity index (χ1n) is 8.54. The number of hydrogen-bond acceptors (Lipinski definition) is 3. The molecule has 1 N–H and O–H groups in total. The van der Waals surface area contributed by atoms with E-state index in [1.165, 1.54) is 27.1 Å². The van der Waals surface area contributed by atoms with E-state index in [2.05, 4.69) is 55.3 Å². The topological polar surface area (TPSA) is 40.5 Å². The molecular weight excluding hydrogens is 318 g/mol. The Labute approximate surface area is 147 Å². The highest BCUT2D eigenvalue weighted by Crippen LogP contribution is 2.37. The van der Waals surface area contributed by atoms with Crippen LogP contribution in [0.3, 0.4) is 0 Å². The van der Waals surface area contributed by atoms with Gasteiger partial charge in [-0.25, -0.2) is 0 Å². The number of benzene rings is 1. The Balaban J connectivity index is 1.93. The predicted molar refractivity (Wildman–Crippen MR) is 98.7 cm³/mol. The molecule has 1 unspecified atom stereocenters. The Morgan fingerprint density at radius 1 is 1.17 bits per heavy atom. The van der Waals surface area contributed by atoms with Crippen LogP contribution in [0.25, 0.3) is 0 Å². The summed E-state index contributed by atoms with van der Waals surface area (Å²) in [5.41, 5.74) is 5.23. The van der Waals surface area contributed by atoms with Crippen molar-refractivity contribution in [3.05, 3.63) is 56.8 Å². The lowest BCUT2D eigenvalue weighted by atomic mass is 9.91. The van der Waals surface area contributed by atoms with Crippen LogP contribution in [0.1, 0.15) is 46.0 Å².